The molecule has 1 aromatic carbocycles. The summed E-state index contributed by atoms with van der Waals surface area (Å²) in [6.45, 7) is 6.04. The summed E-state index contributed by atoms with van der Waals surface area (Å²) in [5.74, 6) is 0.501. The monoisotopic (exact) mass is 422 g/mol. The van der Waals surface area contributed by atoms with Crippen LogP contribution in [0.5, 0.6) is 0 Å². The molecule has 2 aliphatic rings. The Kier molecular flexibility index (Phi) is 7.08. The number of carbonyl (C=O) groups is 2. The normalized spacial score (nSPS) is 24.2. The summed E-state index contributed by atoms with van der Waals surface area (Å²) in [7, 11) is -3.58. The maximum atomic E-state index is 12.8. The molecule has 29 heavy (non-hydrogen) atoms. The van der Waals surface area contributed by atoms with Crippen molar-refractivity contribution in [3.8, 4) is 0 Å². The lowest BCUT2D eigenvalue weighted by molar-refractivity contribution is -0.895. The maximum Gasteiger partial charge on any atom is 0.275 e. The number of carbonyl (C=O) groups excluding carboxylic acids is 2. The first kappa shape index (κ1) is 21.9. The maximum absolute atomic E-state index is 12.8. The van der Waals surface area contributed by atoms with E-state index in [1.807, 2.05) is 0 Å². The van der Waals surface area contributed by atoms with Gasteiger partial charge in [0.1, 0.15) is 0 Å². The molecule has 1 aliphatic carbocycles. The molecule has 1 amide bonds. The van der Waals surface area contributed by atoms with Crippen LogP contribution < -0.4 is 10.2 Å². The van der Waals surface area contributed by atoms with Gasteiger partial charge in [-0.3, -0.25) is 9.59 Å². The second-order valence-electron chi connectivity index (χ2n) is 8.35. The van der Waals surface area contributed by atoms with Gasteiger partial charge in [0, 0.05) is 11.6 Å². The molecular formula is C21H32N3O4S+. The van der Waals surface area contributed by atoms with Gasteiger partial charge in [-0.2, -0.15) is 4.31 Å². The fourth-order valence-corrected chi connectivity index (χ4v) is 5.69. The molecule has 2 fully saturated rings. The van der Waals surface area contributed by atoms with E-state index in [-0.39, 0.29) is 22.6 Å². The molecule has 0 aromatic heterocycles. The SMILES string of the molecule is CC(=O)c1ccc(S(=O)(=O)N2CC[NH+](CC(=O)N[C@@H]3CCCC[C@H]3C)CC2)cc1. The molecule has 1 aromatic rings. The van der Waals surface area contributed by atoms with Crippen molar-refractivity contribution in [2.75, 3.05) is 32.7 Å². The van der Waals surface area contributed by atoms with Crippen molar-refractivity contribution in [2.45, 2.75) is 50.5 Å². The number of benzene rings is 1. The fourth-order valence-electron chi connectivity index (χ4n) is 4.25. The topological polar surface area (TPSA) is 88.0 Å². The number of nitrogens with one attached hydrogen (secondary N) is 2. The highest BCUT2D eigenvalue weighted by Gasteiger charge is 2.32. The Morgan fingerprint density at radius 2 is 1.72 bits per heavy atom. The van der Waals surface area contributed by atoms with Crippen LogP contribution >= 0.6 is 0 Å². The minimum atomic E-state index is -3.58. The van der Waals surface area contributed by atoms with Crippen molar-refractivity contribution < 1.29 is 22.9 Å². The molecule has 3 rings (SSSR count). The second-order valence-corrected chi connectivity index (χ2v) is 10.3. The first-order valence-corrected chi connectivity index (χ1v) is 12.0. The van der Waals surface area contributed by atoms with E-state index >= 15 is 0 Å². The summed E-state index contributed by atoms with van der Waals surface area (Å²) in [5, 5.41) is 3.18. The molecular weight excluding hydrogens is 390 g/mol. The zero-order valence-corrected chi connectivity index (χ0v) is 18.1. The number of nitrogens with zero attached hydrogens (tertiary/aromatic N) is 1. The van der Waals surface area contributed by atoms with Gasteiger partial charge in [0.25, 0.3) is 5.91 Å². The first-order chi connectivity index (χ1) is 13.8. The third-order valence-corrected chi connectivity index (χ3v) is 8.11. The summed E-state index contributed by atoms with van der Waals surface area (Å²) in [6, 6.07) is 6.35. The molecule has 1 saturated carbocycles. The molecule has 0 spiro atoms. The number of Topliss-reactive ketones (excluding diaryl/α,β-unsaturated/α-hetero) is 1. The number of ketones is 1. The lowest BCUT2D eigenvalue weighted by Gasteiger charge is -2.33. The molecule has 1 heterocycles. The van der Waals surface area contributed by atoms with Crippen LogP contribution in [0.25, 0.3) is 0 Å². The van der Waals surface area contributed by atoms with E-state index in [1.54, 1.807) is 12.1 Å². The minimum absolute atomic E-state index is 0.0647. The van der Waals surface area contributed by atoms with Gasteiger partial charge in [-0.05, 0) is 37.8 Å². The van der Waals surface area contributed by atoms with E-state index in [1.165, 1.54) is 42.6 Å². The van der Waals surface area contributed by atoms with E-state index in [0.717, 1.165) is 11.3 Å². The van der Waals surface area contributed by atoms with E-state index in [9.17, 15) is 18.0 Å². The number of amides is 1. The van der Waals surface area contributed by atoms with Crippen LogP contribution in [0.3, 0.4) is 0 Å². The molecule has 2 N–H and O–H groups in total. The average Bonchev–Trinajstić information content (AvgIpc) is 2.70. The van der Waals surface area contributed by atoms with Crippen molar-refractivity contribution in [1.29, 1.82) is 0 Å². The van der Waals surface area contributed by atoms with Gasteiger partial charge < -0.3 is 10.2 Å². The summed E-state index contributed by atoms with van der Waals surface area (Å²) in [4.78, 5) is 25.1. The Bertz CT molecular complexity index is 830. The predicted molar refractivity (Wildman–Crippen MR) is 110 cm³/mol. The van der Waals surface area contributed by atoms with Gasteiger partial charge in [0.05, 0.1) is 31.1 Å². The Morgan fingerprint density at radius 3 is 2.31 bits per heavy atom. The van der Waals surface area contributed by atoms with E-state index in [2.05, 4.69) is 12.2 Å². The third-order valence-electron chi connectivity index (χ3n) is 6.20. The number of piperazine rings is 1. The third kappa shape index (κ3) is 5.43. The van der Waals surface area contributed by atoms with Gasteiger partial charge in [-0.15, -0.1) is 0 Å². The van der Waals surface area contributed by atoms with Crippen LogP contribution in [0.15, 0.2) is 29.2 Å². The Morgan fingerprint density at radius 1 is 1.10 bits per heavy atom. The van der Waals surface area contributed by atoms with Crippen LogP contribution in [0.4, 0.5) is 0 Å². The standard InChI is InChI=1S/C21H31N3O4S/c1-16-5-3-4-6-20(16)22-21(26)15-23-11-13-24(14-12-23)29(27,28)19-9-7-18(8-10-19)17(2)25/h7-10,16,20H,3-6,11-15H2,1-2H3,(H,22,26)/p+1/t16-,20-/m1/s1. The zero-order chi connectivity index (χ0) is 21.0. The Balaban J connectivity index is 1.51. The fraction of sp³-hybridized carbons (Fsp3) is 0.619. The summed E-state index contributed by atoms with van der Waals surface area (Å²) >= 11 is 0. The van der Waals surface area contributed by atoms with Crippen LogP contribution in [0.2, 0.25) is 0 Å². The van der Waals surface area contributed by atoms with Gasteiger partial charge in [0.2, 0.25) is 10.0 Å². The van der Waals surface area contributed by atoms with Gasteiger partial charge >= 0.3 is 0 Å². The molecule has 0 unspecified atom stereocenters. The van der Waals surface area contributed by atoms with Gasteiger partial charge in [-0.1, -0.05) is 31.9 Å². The van der Waals surface area contributed by atoms with Crippen LogP contribution in [0, 0.1) is 5.92 Å². The second kappa shape index (κ2) is 9.36. The largest absolute Gasteiger partial charge is 0.348 e. The highest BCUT2D eigenvalue weighted by Crippen LogP contribution is 2.23. The van der Waals surface area contributed by atoms with Crippen molar-refractivity contribution >= 4 is 21.7 Å². The Labute approximate surface area is 173 Å². The molecule has 8 heteroatoms. The summed E-state index contributed by atoms with van der Waals surface area (Å²) in [6.07, 6.45) is 4.64. The van der Waals surface area contributed by atoms with Crippen molar-refractivity contribution in [1.82, 2.24) is 9.62 Å². The molecule has 2 atom stereocenters. The quantitative estimate of drug-likeness (QED) is 0.653. The van der Waals surface area contributed by atoms with E-state index in [4.69, 9.17) is 0 Å². The van der Waals surface area contributed by atoms with E-state index in [0.29, 0.717) is 44.2 Å². The number of quaternary nitrogens is 1. The predicted octanol–water partition coefficient (Wildman–Crippen LogP) is 0.473. The first-order valence-electron chi connectivity index (χ1n) is 10.5. The van der Waals surface area contributed by atoms with Crippen LogP contribution in [-0.4, -0.2) is 63.2 Å². The van der Waals surface area contributed by atoms with Crippen molar-refractivity contribution in [2.24, 2.45) is 5.92 Å². The van der Waals surface area contributed by atoms with Crippen LogP contribution in [0.1, 0.15) is 49.9 Å². The summed E-state index contributed by atoms with van der Waals surface area (Å²) in [5.41, 5.74) is 0.497. The lowest BCUT2D eigenvalue weighted by Crippen LogP contribution is -3.15. The smallest absolute Gasteiger partial charge is 0.275 e. The molecule has 1 aliphatic heterocycles. The molecule has 1 saturated heterocycles. The number of hydrogen-bond donors (Lipinski definition) is 2. The lowest BCUT2D eigenvalue weighted by atomic mass is 9.86. The average molecular weight is 423 g/mol. The zero-order valence-electron chi connectivity index (χ0n) is 17.3. The number of rotatable bonds is 6. The van der Waals surface area contributed by atoms with Gasteiger partial charge in [0.15, 0.2) is 12.3 Å². The van der Waals surface area contributed by atoms with Gasteiger partial charge in [-0.25, -0.2) is 8.42 Å². The van der Waals surface area contributed by atoms with Crippen molar-refractivity contribution in [3.05, 3.63) is 29.8 Å². The van der Waals surface area contributed by atoms with E-state index < -0.39 is 10.0 Å². The molecule has 160 valence electrons. The molecule has 0 bridgehead atoms. The number of hydrogen-bond acceptors (Lipinski definition) is 4. The van der Waals surface area contributed by atoms with Crippen molar-refractivity contribution in [3.63, 3.8) is 0 Å². The highest BCUT2D eigenvalue weighted by molar-refractivity contribution is 7.89. The summed E-state index contributed by atoms with van der Waals surface area (Å²) < 4.78 is 27.2. The van der Waals surface area contributed by atoms with Crippen LogP contribution in [-0.2, 0) is 14.8 Å². The minimum Gasteiger partial charge on any atom is -0.348 e. The number of sulfonamides is 1. The highest BCUT2D eigenvalue weighted by atomic mass is 32.2. The Hall–Kier alpha value is -1.77. The molecule has 0 radical (unpaired) electrons. The molecule has 7 nitrogen and oxygen atoms in total.